The topological polar surface area (TPSA) is 76.0 Å². The molecule has 1 aromatic rings. The molecule has 4 aliphatic rings. The van der Waals surface area contributed by atoms with Crippen LogP contribution in [0.2, 0.25) is 0 Å². The lowest BCUT2D eigenvalue weighted by atomic mass is 9.62. The Bertz CT molecular complexity index is 636. The molecular formula is C23H34O5. The summed E-state index contributed by atoms with van der Waals surface area (Å²) in [4.78, 5) is 8.56. The van der Waals surface area contributed by atoms with Crippen LogP contribution in [0.15, 0.2) is 24.3 Å². The number of benzene rings is 1. The molecule has 2 aliphatic carbocycles. The second-order valence-corrected chi connectivity index (χ2v) is 9.28. The van der Waals surface area contributed by atoms with Crippen molar-refractivity contribution in [3.05, 3.63) is 29.8 Å². The molecule has 2 N–H and O–H groups in total. The summed E-state index contributed by atoms with van der Waals surface area (Å²) in [5.74, 6) is 2.60. The highest BCUT2D eigenvalue weighted by Gasteiger charge is 2.50. The Kier molecular flexibility index (Phi) is 6.54. The van der Waals surface area contributed by atoms with Crippen molar-refractivity contribution < 1.29 is 24.5 Å². The van der Waals surface area contributed by atoms with Gasteiger partial charge in [-0.05, 0) is 73.5 Å². The van der Waals surface area contributed by atoms with Gasteiger partial charge in [-0.2, -0.15) is 0 Å². The minimum atomic E-state index is -1.83. The van der Waals surface area contributed by atoms with Crippen molar-refractivity contribution in [3.8, 4) is 5.75 Å². The lowest BCUT2D eigenvalue weighted by molar-refractivity contribution is -0.192. The number of rotatable bonds is 7. The molecule has 5 rings (SSSR count). The molecule has 0 unspecified atom stereocenters. The molecule has 0 amide bonds. The molecule has 2 saturated carbocycles. The molecular weight excluding hydrogens is 356 g/mol. The fraction of sp³-hybridized carbons (Fsp3) is 0.696. The summed E-state index contributed by atoms with van der Waals surface area (Å²) < 4.78 is 12.5. The van der Waals surface area contributed by atoms with Gasteiger partial charge in [-0.3, -0.25) is 0 Å². The van der Waals surface area contributed by atoms with E-state index < -0.39 is 6.16 Å². The van der Waals surface area contributed by atoms with E-state index in [0.29, 0.717) is 11.3 Å². The van der Waals surface area contributed by atoms with Gasteiger partial charge >= 0.3 is 6.16 Å². The van der Waals surface area contributed by atoms with Crippen molar-refractivity contribution >= 4 is 6.16 Å². The zero-order valence-electron chi connectivity index (χ0n) is 17.2. The highest BCUT2D eigenvalue weighted by Crippen LogP contribution is 2.56. The van der Waals surface area contributed by atoms with Gasteiger partial charge in [-0.1, -0.05) is 38.8 Å². The SMILES string of the molecule is CC(C)COc1cccc(C23CCC(CCC4CC4)(CC2)CO3)c1.O=C(O)O. The van der Waals surface area contributed by atoms with Crippen LogP contribution in [0.5, 0.6) is 5.75 Å². The fourth-order valence-electron chi connectivity index (χ4n) is 4.51. The summed E-state index contributed by atoms with van der Waals surface area (Å²) in [6, 6.07) is 8.68. The van der Waals surface area contributed by atoms with Crippen LogP contribution in [0.1, 0.15) is 70.8 Å². The van der Waals surface area contributed by atoms with Crippen LogP contribution in [0.4, 0.5) is 4.79 Å². The van der Waals surface area contributed by atoms with Crippen LogP contribution >= 0.6 is 0 Å². The van der Waals surface area contributed by atoms with Crippen LogP contribution in [0.25, 0.3) is 0 Å². The van der Waals surface area contributed by atoms with Gasteiger partial charge in [-0.15, -0.1) is 0 Å². The Balaban J connectivity index is 0.000000516. The number of carboxylic acid groups (broad SMARTS) is 2. The van der Waals surface area contributed by atoms with Gasteiger partial charge in [0.2, 0.25) is 0 Å². The highest BCUT2D eigenvalue weighted by atomic mass is 16.6. The van der Waals surface area contributed by atoms with E-state index in [1.165, 1.54) is 56.9 Å². The molecule has 156 valence electrons. The average Bonchev–Trinajstić information content (AvgIpc) is 3.51. The zero-order valence-corrected chi connectivity index (χ0v) is 17.2. The molecule has 0 spiro atoms. The average molecular weight is 391 g/mol. The largest absolute Gasteiger partial charge is 0.503 e. The molecule has 1 aromatic carbocycles. The molecule has 5 heteroatoms. The lowest BCUT2D eigenvalue weighted by Crippen LogP contribution is -2.49. The highest BCUT2D eigenvalue weighted by molar-refractivity contribution is 5.53. The monoisotopic (exact) mass is 390 g/mol. The number of fused-ring (bicyclic) bond motifs is 3. The van der Waals surface area contributed by atoms with E-state index in [1.54, 1.807) is 0 Å². The smallest absolute Gasteiger partial charge is 0.493 e. The van der Waals surface area contributed by atoms with E-state index in [9.17, 15) is 0 Å². The van der Waals surface area contributed by atoms with Crippen molar-refractivity contribution in [1.82, 2.24) is 0 Å². The molecule has 0 radical (unpaired) electrons. The van der Waals surface area contributed by atoms with Gasteiger partial charge in [0.15, 0.2) is 0 Å². The molecule has 28 heavy (non-hydrogen) atoms. The first-order valence-corrected chi connectivity index (χ1v) is 10.6. The Morgan fingerprint density at radius 3 is 2.43 bits per heavy atom. The van der Waals surface area contributed by atoms with E-state index in [1.807, 2.05) is 0 Å². The molecule has 2 bridgehead atoms. The number of hydrogen-bond donors (Lipinski definition) is 2. The molecule has 0 atom stereocenters. The third-order valence-electron chi connectivity index (χ3n) is 6.50. The predicted molar refractivity (Wildman–Crippen MR) is 108 cm³/mol. The second-order valence-electron chi connectivity index (χ2n) is 9.28. The van der Waals surface area contributed by atoms with Gasteiger partial charge in [0.05, 0.1) is 18.8 Å². The quantitative estimate of drug-likeness (QED) is 0.604. The van der Waals surface area contributed by atoms with Crippen molar-refractivity contribution in [2.24, 2.45) is 17.3 Å². The molecule has 0 aromatic heterocycles. The minimum Gasteiger partial charge on any atom is -0.493 e. The van der Waals surface area contributed by atoms with Gasteiger partial charge in [0.25, 0.3) is 0 Å². The van der Waals surface area contributed by atoms with Crippen molar-refractivity contribution in [2.75, 3.05) is 13.2 Å². The maximum Gasteiger partial charge on any atom is 0.503 e. The number of carbonyl (C=O) groups is 1. The minimum absolute atomic E-state index is 0.0431. The van der Waals surface area contributed by atoms with Crippen LogP contribution in [-0.4, -0.2) is 29.6 Å². The van der Waals surface area contributed by atoms with Gasteiger partial charge in [0, 0.05) is 0 Å². The lowest BCUT2D eigenvalue weighted by Gasteiger charge is -2.53. The first-order chi connectivity index (χ1) is 13.3. The van der Waals surface area contributed by atoms with E-state index in [-0.39, 0.29) is 5.60 Å². The van der Waals surface area contributed by atoms with Gasteiger partial charge in [-0.25, -0.2) is 4.79 Å². The summed E-state index contributed by atoms with van der Waals surface area (Å²) >= 11 is 0. The summed E-state index contributed by atoms with van der Waals surface area (Å²) in [5.41, 5.74) is 1.79. The first kappa shape index (κ1) is 21.0. The third-order valence-corrected chi connectivity index (χ3v) is 6.50. The van der Waals surface area contributed by atoms with Crippen LogP contribution < -0.4 is 4.74 Å². The maximum atomic E-state index is 8.56. The Morgan fingerprint density at radius 2 is 1.89 bits per heavy atom. The van der Waals surface area contributed by atoms with Crippen LogP contribution in [-0.2, 0) is 10.3 Å². The number of hydrogen-bond acceptors (Lipinski definition) is 3. The maximum absolute atomic E-state index is 8.56. The molecule has 2 heterocycles. The van der Waals surface area contributed by atoms with Gasteiger partial charge < -0.3 is 19.7 Å². The fourth-order valence-corrected chi connectivity index (χ4v) is 4.51. The molecule has 2 aliphatic heterocycles. The molecule has 4 fully saturated rings. The molecule has 5 nitrogen and oxygen atoms in total. The summed E-state index contributed by atoms with van der Waals surface area (Å²) in [7, 11) is 0. The van der Waals surface area contributed by atoms with Crippen molar-refractivity contribution in [1.29, 1.82) is 0 Å². The first-order valence-electron chi connectivity index (χ1n) is 10.6. The van der Waals surface area contributed by atoms with E-state index in [4.69, 9.17) is 24.5 Å². The summed E-state index contributed by atoms with van der Waals surface area (Å²) in [5, 5.41) is 13.9. The third kappa shape index (κ3) is 5.40. The standard InChI is InChI=1S/C22H32O2.CH2O3/c1-17(2)15-23-20-5-3-4-19(14-20)22-12-10-21(11-13-22,16-24-22)9-8-18-6-7-18;2-1(3)4/h3-5,14,17-18H,6-13,15-16H2,1-2H3;(H2,2,3,4). The van der Waals surface area contributed by atoms with E-state index in [0.717, 1.165) is 24.9 Å². The Morgan fingerprint density at radius 1 is 1.21 bits per heavy atom. The molecule has 2 saturated heterocycles. The summed E-state index contributed by atoms with van der Waals surface area (Å²) in [6.07, 6.45) is 9.01. The number of ether oxygens (including phenoxy) is 2. The van der Waals surface area contributed by atoms with E-state index in [2.05, 4.69) is 38.1 Å². The van der Waals surface area contributed by atoms with Gasteiger partial charge in [0.1, 0.15) is 5.75 Å². The van der Waals surface area contributed by atoms with Crippen molar-refractivity contribution in [3.63, 3.8) is 0 Å². The second kappa shape index (κ2) is 8.73. The van der Waals surface area contributed by atoms with E-state index >= 15 is 0 Å². The normalized spacial score (nSPS) is 28.5. The zero-order chi connectivity index (χ0) is 20.2. The Hall–Kier alpha value is -1.75. The van der Waals surface area contributed by atoms with Crippen LogP contribution in [0, 0.1) is 17.3 Å². The predicted octanol–water partition coefficient (Wildman–Crippen LogP) is 5.92. The van der Waals surface area contributed by atoms with Crippen molar-refractivity contribution in [2.45, 2.75) is 70.8 Å². The summed E-state index contributed by atoms with van der Waals surface area (Å²) in [6.45, 7) is 6.13. The van der Waals surface area contributed by atoms with Crippen LogP contribution in [0.3, 0.4) is 0 Å². The Labute approximate surface area is 168 Å².